The molecule has 0 fully saturated rings. The van der Waals surface area contributed by atoms with Crippen molar-refractivity contribution in [2.75, 3.05) is 0 Å². The lowest BCUT2D eigenvalue weighted by molar-refractivity contribution is -0.121. The number of fused-ring (bicyclic) bond motifs is 1. The highest BCUT2D eigenvalue weighted by Gasteiger charge is 2.22. The number of furan rings is 1. The first kappa shape index (κ1) is 18.1. The van der Waals surface area contributed by atoms with E-state index in [1.165, 1.54) is 10.9 Å². The molecule has 2 N–H and O–H groups in total. The van der Waals surface area contributed by atoms with Crippen LogP contribution in [0, 0.1) is 0 Å². The Kier molecular flexibility index (Phi) is 5.29. The molecule has 0 aliphatic heterocycles. The second-order valence-corrected chi connectivity index (χ2v) is 6.96. The Hall–Kier alpha value is -3.27. The van der Waals surface area contributed by atoms with E-state index in [0.29, 0.717) is 13.0 Å². The van der Waals surface area contributed by atoms with Crippen LogP contribution in [-0.2, 0) is 17.8 Å². The summed E-state index contributed by atoms with van der Waals surface area (Å²) in [5.74, 6) is 0.745. The second-order valence-electron chi connectivity index (χ2n) is 6.96. The van der Waals surface area contributed by atoms with E-state index in [2.05, 4.69) is 53.8 Å². The molecule has 4 aromatic rings. The number of nitrogens with one attached hydrogen (secondary N) is 2. The van der Waals surface area contributed by atoms with Crippen LogP contribution in [0.2, 0.25) is 0 Å². The Bertz CT molecular complexity index is 1050. The van der Waals surface area contributed by atoms with Crippen molar-refractivity contribution in [1.29, 1.82) is 0 Å². The highest BCUT2D eigenvalue weighted by molar-refractivity contribution is 5.88. The number of para-hydroxylation sites is 1. The van der Waals surface area contributed by atoms with Crippen LogP contribution < -0.4 is 5.32 Å². The predicted molar refractivity (Wildman–Crippen MR) is 111 cm³/mol. The van der Waals surface area contributed by atoms with Crippen molar-refractivity contribution in [2.45, 2.75) is 32.2 Å². The minimum absolute atomic E-state index is 0.00579. The van der Waals surface area contributed by atoms with Gasteiger partial charge in [-0.3, -0.25) is 4.79 Å². The zero-order valence-electron chi connectivity index (χ0n) is 15.9. The SMILES string of the molecule is CCc1cccc2c(C(CC(=O)NCc3ccco3)c3ccccc3)c[nH]c12. The summed E-state index contributed by atoms with van der Waals surface area (Å²) in [7, 11) is 0. The molecule has 2 aromatic carbocycles. The molecule has 1 amide bonds. The van der Waals surface area contributed by atoms with Gasteiger partial charge in [-0.05, 0) is 35.2 Å². The normalized spacial score (nSPS) is 12.2. The Morgan fingerprint density at radius 3 is 2.68 bits per heavy atom. The summed E-state index contributed by atoms with van der Waals surface area (Å²) in [5, 5.41) is 4.16. The standard InChI is InChI=1S/C24H24N2O2/c1-2-17-10-6-12-20-22(16-26-24(17)20)21(18-8-4-3-5-9-18)14-23(27)25-15-19-11-7-13-28-19/h3-13,16,21,26H,2,14-15H2,1H3,(H,25,27). The van der Waals surface area contributed by atoms with Crippen LogP contribution in [0.15, 0.2) is 77.5 Å². The highest BCUT2D eigenvalue weighted by Crippen LogP contribution is 2.34. The number of rotatable bonds is 7. The van der Waals surface area contributed by atoms with E-state index < -0.39 is 0 Å². The van der Waals surface area contributed by atoms with E-state index in [9.17, 15) is 4.79 Å². The van der Waals surface area contributed by atoms with Crippen molar-refractivity contribution >= 4 is 16.8 Å². The first-order valence-electron chi connectivity index (χ1n) is 9.69. The van der Waals surface area contributed by atoms with Gasteiger partial charge < -0.3 is 14.7 Å². The van der Waals surface area contributed by atoms with Gasteiger partial charge in [-0.2, -0.15) is 0 Å². The molecule has 0 bridgehead atoms. The van der Waals surface area contributed by atoms with Gasteiger partial charge in [-0.15, -0.1) is 0 Å². The summed E-state index contributed by atoms with van der Waals surface area (Å²) in [6.07, 6.45) is 5.03. The Morgan fingerprint density at radius 2 is 1.93 bits per heavy atom. The first-order valence-corrected chi connectivity index (χ1v) is 9.69. The van der Waals surface area contributed by atoms with Gasteiger partial charge in [-0.25, -0.2) is 0 Å². The Labute approximate surface area is 164 Å². The number of aryl methyl sites for hydroxylation is 1. The van der Waals surface area contributed by atoms with Crippen LogP contribution in [-0.4, -0.2) is 10.9 Å². The number of hydrogen-bond donors (Lipinski definition) is 2. The lowest BCUT2D eigenvalue weighted by Crippen LogP contribution is -2.24. The van der Waals surface area contributed by atoms with Crippen molar-refractivity contribution in [3.8, 4) is 0 Å². The molecule has 4 nitrogen and oxygen atoms in total. The van der Waals surface area contributed by atoms with Gasteiger partial charge in [-0.1, -0.05) is 55.5 Å². The molecule has 28 heavy (non-hydrogen) atoms. The first-order chi connectivity index (χ1) is 13.8. The number of aromatic nitrogens is 1. The molecule has 2 heterocycles. The molecule has 142 valence electrons. The monoisotopic (exact) mass is 372 g/mol. The summed E-state index contributed by atoms with van der Waals surface area (Å²) >= 11 is 0. The lowest BCUT2D eigenvalue weighted by atomic mass is 9.87. The molecular weight excluding hydrogens is 348 g/mol. The fraction of sp³-hybridized carbons (Fsp3) is 0.208. The van der Waals surface area contributed by atoms with E-state index in [1.807, 2.05) is 30.3 Å². The average Bonchev–Trinajstić information content (AvgIpc) is 3.41. The third-order valence-corrected chi connectivity index (χ3v) is 5.22. The van der Waals surface area contributed by atoms with Gasteiger partial charge in [0.15, 0.2) is 0 Å². The highest BCUT2D eigenvalue weighted by atomic mass is 16.3. The van der Waals surface area contributed by atoms with Gasteiger partial charge in [0.05, 0.1) is 12.8 Å². The third-order valence-electron chi connectivity index (χ3n) is 5.22. The fourth-order valence-corrected chi connectivity index (χ4v) is 3.77. The quantitative estimate of drug-likeness (QED) is 0.471. The lowest BCUT2D eigenvalue weighted by Gasteiger charge is -2.17. The molecule has 1 unspecified atom stereocenters. The van der Waals surface area contributed by atoms with Gasteiger partial charge in [0.2, 0.25) is 5.91 Å². The molecule has 0 spiro atoms. The van der Waals surface area contributed by atoms with Gasteiger partial charge in [0.1, 0.15) is 5.76 Å². The number of hydrogen-bond acceptors (Lipinski definition) is 2. The summed E-state index contributed by atoms with van der Waals surface area (Å²) < 4.78 is 5.31. The predicted octanol–water partition coefficient (Wildman–Crippen LogP) is 5.16. The largest absolute Gasteiger partial charge is 0.467 e. The van der Waals surface area contributed by atoms with Crippen molar-refractivity contribution in [2.24, 2.45) is 0 Å². The maximum Gasteiger partial charge on any atom is 0.221 e. The van der Waals surface area contributed by atoms with E-state index >= 15 is 0 Å². The third kappa shape index (κ3) is 3.72. The maximum absolute atomic E-state index is 12.7. The minimum atomic E-state index is -0.0151. The Morgan fingerprint density at radius 1 is 1.07 bits per heavy atom. The summed E-state index contributed by atoms with van der Waals surface area (Å²) in [6, 6.07) is 20.3. The van der Waals surface area contributed by atoms with Crippen molar-refractivity contribution < 1.29 is 9.21 Å². The summed E-state index contributed by atoms with van der Waals surface area (Å²) in [4.78, 5) is 16.2. The van der Waals surface area contributed by atoms with E-state index in [4.69, 9.17) is 4.42 Å². The van der Waals surface area contributed by atoms with Crippen molar-refractivity contribution in [3.05, 3.63) is 95.6 Å². The van der Waals surface area contributed by atoms with E-state index in [1.54, 1.807) is 6.26 Å². The van der Waals surface area contributed by atoms with E-state index in [0.717, 1.165) is 28.8 Å². The number of benzene rings is 2. The van der Waals surface area contributed by atoms with E-state index in [-0.39, 0.29) is 11.8 Å². The number of carbonyl (C=O) groups excluding carboxylic acids is 1. The molecule has 2 aromatic heterocycles. The number of aromatic amines is 1. The fourth-order valence-electron chi connectivity index (χ4n) is 3.77. The number of carbonyl (C=O) groups is 1. The molecule has 0 radical (unpaired) electrons. The number of H-pyrrole nitrogens is 1. The van der Waals surface area contributed by atoms with Gasteiger partial charge in [0, 0.05) is 29.4 Å². The smallest absolute Gasteiger partial charge is 0.221 e. The van der Waals surface area contributed by atoms with Crippen LogP contribution >= 0.6 is 0 Å². The Balaban J connectivity index is 1.64. The van der Waals surface area contributed by atoms with Crippen LogP contribution in [0.25, 0.3) is 10.9 Å². The average molecular weight is 372 g/mol. The van der Waals surface area contributed by atoms with Crippen molar-refractivity contribution in [1.82, 2.24) is 10.3 Å². The van der Waals surface area contributed by atoms with Crippen LogP contribution in [0.3, 0.4) is 0 Å². The zero-order valence-corrected chi connectivity index (χ0v) is 15.9. The summed E-state index contributed by atoms with van der Waals surface area (Å²) in [5.41, 5.74) is 4.75. The van der Waals surface area contributed by atoms with Crippen LogP contribution in [0.5, 0.6) is 0 Å². The van der Waals surface area contributed by atoms with Crippen LogP contribution in [0.4, 0.5) is 0 Å². The molecule has 0 saturated carbocycles. The molecule has 1 atom stereocenters. The molecule has 0 aliphatic rings. The van der Waals surface area contributed by atoms with Crippen LogP contribution in [0.1, 0.15) is 41.7 Å². The minimum Gasteiger partial charge on any atom is -0.467 e. The van der Waals surface area contributed by atoms with Gasteiger partial charge >= 0.3 is 0 Å². The number of amides is 1. The summed E-state index contributed by atoms with van der Waals surface area (Å²) in [6.45, 7) is 2.56. The topological polar surface area (TPSA) is 58.0 Å². The molecular formula is C24H24N2O2. The zero-order chi connectivity index (χ0) is 19.3. The second kappa shape index (κ2) is 8.17. The maximum atomic E-state index is 12.7. The molecule has 4 rings (SSSR count). The van der Waals surface area contributed by atoms with Gasteiger partial charge in [0.25, 0.3) is 0 Å². The molecule has 4 heteroatoms. The molecule has 0 aliphatic carbocycles. The van der Waals surface area contributed by atoms with Crippen molar-refractivity contribution in [3.63, 3.8) is 0 Å². The molecule has 0 saturated heterocycles.